The molecule has 6 nitrogen and oxygen atoms in total. The average molecular weight is 610 g/mol. The maximum Gasteiger partial charge on any atom is 0.329 e. The van der Waals surface area contributed by atoms with E-state index in [9.17, 15) is 4.79 Å². The lowest BCUT2D eigenvalue weighted by molar-refractivity contribution is 0.160. The third-order valence-corrected chi connectivity index (χ3v) is 10.2. The van der Waals surface area contributed by atoms with Gasteiger partial charge in [0.25, 0.3) is 0 Å². The number of hydrogen-bond acceptors (Lipinski definition) is 3. The highest BCUT2D eigenvalue weighted by molar-refractivity contribution is 7.80. The lowest BCUT2D eigenvalue weighted by Gasteiger charge is -2.36. The second kappa shape index (κ2) is 14.6. The van der Waals surface area contributed by atoms with E-state index in [0.29, 0.717) is 6.04 Å². The molecule has 44 heavy (non-hydrogen) atoms. The molecule has 3 aromatic carbocycles. The van der Waals surface area contributed by atoms with E-state index in [0.717, 1.165) is 68.1 Å². The molecule has 0 atom stereocenters. The number of nitrogens with one attached hydrogen (secondary N) is 1. The monoisotopic (exact) mass is 609 g/mol. The highest BCUT2D eigenvalue weighted by Crippen LogP contribution is 2.28. The van der Waals surface area contributed by atoms with Gasteiger partial charge in [0.1, 0.15) is 0 Å². The number of rotatable bonds is 10. The Morgan fingerprint density at radius 2 is 1.43 bits per heavy atom. The first-order chi connectivity index (χ1) is 21.6. The minimum Gasteiger partial charge on any atom is -0.352 e. The van der Waals surface area contributed by atoms with Crippen LogP contribution in [0.2, 0.25) is 0 Å². The fraction of sp³-hybridized carbons (Fsp3) is 0.459. The van der Waals surface area contributed by atoms with Gasteiger partial charge in [-0.1, -0.05) is 99.0 Å². The number of aromatic nitrogens is 2. The van der Waals surface area contributed by atoms with Crippen LogP contribution in [0.15, 0.2) is 89.7 Å². The summed E-state index contributed by atoms with van der Waals surface area (Å²) in [5.74, 6) is 0. The molecule has 2 aliphatic rings. The molecule has 1 saturated carbocycles. The summed E-state index contributed by atoms with van der Waals surface area (Å²) in [7, 11) is 0. The predicted octanol–water partition coefficient (Wildman–Crippen LogP) is 7.15. The number of likely N-dealkylation sites (tertiary alicyclic amines) is 1. The van der Waals surface area contributed by atoms with Crippen molar-refractivity contribution in [1.82, 2.24) is 24.3 Å². The lowest BCUT2D eigenvalue weighted by atomic mass is 9.94. The first-order valence-electron chi connectivity index (χ1n) is 16.7. The van der Waals surface area contributed by atoms with E-state index in [1.807, 2.05) is 16.7 Å². The normalized spacial score (nSPS) is 16.7. The van der Waals surface area contributed by atoms with Crippen LogP contribution in [0, 0.1) is 0 Å². The van der Waals surface area contributed by atoms with Crippen LogP contribution in [0.3, 0.4) is 0 Å². The van der Waals surface area contributed by atoms with Gasteiger partial charge >= 0.3 is 5.69 Å². The molecule has 0 bridgehead atoms. The van der Waals surface area contributed by atoms with Crippen molar-refractivity contribution in [3.8, 4) is 0 Å². The van der Waals surface area contributed by atoms with Crippen molar-refractivity contribution in [1.29, 1.82) is 0 Å². The molecule has 6 rings (SSSR count). The van der Waals surface area contributed by atoms with Crippen LogP contribution in [-0.2, 0) is 6.54 Å². The fourth-order valence-electron chi connectivity index (χ4n) is 7.47. The molecule has 2 heterocycles. The van der Waals surface area contributed by atoms with Crippen molar-refractivity contribution >= 4 is 28.4 Å². The largest absolute Gasteiger partial charge is 0.352 e. The zero-order chi connectivity index (χ0) is 30.3. The molecule has 1 aromatic heterocycles. The lowest BCUT2D eigenvalue weighted by Crippen LogP contribution is -2.46. The average Bonchev–Trinajstić information content (AvgIpc) is 3.37. The molecule has 0 spiro atoms. The van der Waals surface area contributed by atoms with E-state index in [-0.39, 0.29) is 17.8 Å². The Balaban J connectivity index is 1.12. The minimum atomic E-state index is -0.00929. The quantitative estimate of drug-likeness (QED) is 0.194. The van der Waals surface area contributed by atoms with Gasteiger partial charge in [-0.25, -0.2) is 4.79 Å². The Hall–Kier alpha value is -3.42. The molecule has 0 unspecified atom stereocenters. The molecule has 4 aromatic rings. The van der Waals surface area contributed by atoms with Gasteiger partial charge in [0, 0.05) is 38.3 Å². The summed E-state index contributed by atoms with van der Waals surface area (Å²) in [6, 6.07) is 30.2. The van der Waals surface area contributed by atoms with E-state index in [1.165, 1.54) is 43.2 Å². The van der Waals surface area contributed by atoms with Crippen LogP contribution in [0.4, 0.5) is 0 Å². The van der Waals surface area contributed by atoms with E-state index in [2.05, 4.69) is 99.4 Å². The number of imidazole rings is 1. The highest BCUT2D eigenvalue weighted by atomic mass is 32.1. The number of thiocarbonyl (C=S) groups is 1. The van der Waals surface area contributed by atoms with Crippen LogP contribution in [-0.4, -0.2) is 56.3 Å². The minimum absolute atomic E-state index is 0.00929. The van der Waals surface area contributed by atoms with Gasteiger partial charge < -0.3 is 15.1 Å². The van der Waals surface area contributed by atoms with Gasteiger partial charge in [-0.2, -0.15) is 0 Å². The third kappa shape index (κ3) is 6.79. The van der Waals surface area contributed by atoms with Gasteiger partial charge in [-0.3, -0.25) is 9.13 Å². The first-order valence-corrected chi connectivity index (χ1v) is 17.1. The summed E-state index contributed by atoms with van der Waals surface area (Å²) in [4.78, 5) is 18.9. The second-order valence-electron chi connectivity index (χ2n) is 12.5. The Morgan fingerprint density at radius 1 is 0.841 bits per heavy atom. The summed E-state index contributed by atoms with van der Waals surface area (Å²) < 4.78 is 4.12. The van der Waals surface area contributed by atoms with Gasteiger partial charge in [0.2, 0.25) is 0 Å². The van der Waals surface area contributed by atoms with Crippen LogP contribution >= 0.6 is 12.2 Å². The van der Waals surface area contributed by atoms with Gasteiger partial charge in [-0.05, 0) is 74.1 Å². The zero-order valence-electron chi connectivity index (χ0n) is 26.1. The van der Waals surface area contributed by atoms with Crippen molar-refractivity contribution < 1.29 is 0 Å². The van der Waals surface area contributed by atoms with Crippen molar-refractivity contribution in [3.05, 3.63) is 107 Å². The second-order valence-corrected chi connectivity index (χ2v) is 12.9. The maximum atomic E-state index is 14.0. The summed E-state index contributed by atoms with van der Waals surface area (Å²) >= 11 is 5.98. The molecule has 0 radical (unpaired) electrons. The molecule has 1 saturated heterocycles. The Labute approximate surface area is 267 Å². The third-order valence-electron chi connectivity index (χ3n) is 9.84. The van der Waals surface area contributed by atoms with E-state index in [4.69, 9.17) is 12.2 Å². The summed E-state index contributed by atoms with van der Waals surface area (Å²) in [5.41, 5.74) is 4.64. The topological polar surface area (TPSA) is 45.4 Å². The molecule has 1 aliphatic heterocycles. The maximum absolute atomic E-state index is 14.0. The summed E-state index contributed by atoms with van der Waals surface area (Å²) in [6.45, 7) is 6.85. The fourth-order valence-corrected chi connectivity index (χ4v) is 7.77. The number of para-hydroxylation sites is 2. The van der Waals surface area contributed by atoms with Crippen molar-refractivity contribution in [2.24, 2.45) is 0 Å². The number of aryl methyl sites for hydroxylation is 1. The molecular weight excluding hydrogens is 563 g/mol. The van der Waals surface area contributed by atoms with Crippen molar-refractivity contribution in [2.45, 2.75) is 83.0 Å². The van der Waals surface area contributed by atoms with E-state index >= 15 is 0 Å². The number of hydrogen-bond donors (Lipinski definition) is 1. The molecule has 1 N–H and O–H groups in total. The molecular formula is C37H47N5OS. The molecule has 1 aliphatic carbocycles. The van der Waals surface area contributed by atoms with Crippen molar-refractivity contribution in [3.63, 3.8) is 0 Å². The Morgan fingerprint density at radius 3 is 2.05 bits per heavy atom. The highest BCUT2D eigenvalue weighted by Gasteiger charge is 2.28. The number of piperidine rings is 1. The SMILES string of the molecule is CCN(CCCn1c(=O)n(C2CCN(C(=S)NC(c3ccccc3)c3ccccc3)CC2)c2ccccc21)C1CCCCC1. The van der Waals surface area contributed by atoms with E-state index < -0.39 is 0 Å². The first kappa shape index (κ1) is 30.6. The van der Waals surface area contributed by atoms with Crippen LogP contribution in [0.5, 0.6) is 0 Å². The van der Waals surface area contributed by atoms with Crippen molar-refractivity contribution in [2.75, 3.05) is 26.2 Å². The predicted molar refractivity (Wildman–Crippen MR) is 185 cm³/mol. The number of fused-ring (bicyclic) bond motifs is 1. The Kier molecular flexibility index (Phi) is 10.1. The Bertz CT molecular complexity index is 1510. The smallest absolute Gasteiger partial charge is 0.329 e. The standard InChI is InChI=1S/C37H47N5OS/c1-2-39(31-19-10-5-11-20-31)25-14-26-41-33-21-12-13-22-34(33)42(37(41)43)32-23-27-40(28-24-32)36(44)38-35(29-15-6-3-7-16-29)30-17-8-4-9-18-30/h3-4,6-9,12-13,15-18,21-22,31-32,35H,2,5,10-11,14,19-20,23-28H2,1H3,(H,38,44). The number of benzene rings is 3. The molecule has 7 heteroatoms. The summed E-state index contributed by atoms with van der Waals surface area (Å²) in [5, 5.41) is 4.43. The van der Waals surface area contributed by atoms with Crippen LogP contribution in [0.25, 0.3) is 11.0 Å². The van der Waals surface area contributed by atoms with Gasteiger partial charge in [-0.15, -0.1) is 0 Å². The molecule has 2 fully saturated rings. The molecule has 232 valence electrons. The summed E-state index contributed by atoms with van der Waals surface area (Å²) in [6.07, 6.45) is 9.52. The number of nitrogens with zero attached hydrogens (tertiary/aromatic N) is 4. The van der Waals surface area contributed by atoms with Gasteiger partial charge in [0.15, 0.2) is 5.11 Å². The zero-order valence-corrected chi connectivity index (χ0v) is 26.9. The van der Waals surface area contributed by atoms with Crippen LogP contribution in [0.1, 0.15) is 81.5 Å². The van der Waals surface area contributed by atoms with Gasteiger partial charge in [0.05, 0.1) is 17.1 Å². The molecule has 0 amide bonds. The van der Waals surface area contributed by atoms with Crippen LogP contribution < -0.4 is 11.0 Å². The van der Waals surface area contributed by atoms with E-state index in [1.54, 1.807) is 0 Å².